The zero-order chi connectivity index (χ0) is 30.4. The highest BCUT2D eigenvalue weighted by atomic mass is 16.6. The average Bonchev–Trinajstić information content (AvgIpc) is 3.30. The van der Waals surface area contributed by atoms with E-state index in [4.69, 9.17) is 9.47 Å². The standard InChI is InChI=1S/C35H38N4O5/c1-23-8-5-11-28(24(23)2)36-16-18-37(19-17-36)33(40)25-9-7-15-38(20-25)29-12-6-10-27-32(29)35(42)39(34(27)41)21-26-22-43-30-13-3-4-14-31(30)44-26/h3-6,8,10-14,25-26H,7,9,15-22H2,1-2H3/t25-,26-/m0/s1. The number of para-hydroxylation sites is 2. The first-order valence-corrected chi connectivity index (χ1v) is 15.6. The number of fused-ring (bicyclic) bond motifs is 2. The molecule has 3 aromatic carbocycles. The molecule has 0 unspecified atom stereocenters. The third-order valence-electron chi connectivity index (χ3n) is 9.55. The number of carbonyl (C=O) groups is 3. The summed E-state index contributed by atoms with van der Waals surface area (Å²) in [6.07, 6.45) is 1.21. The molecule has 228 valence electrons. The summed E-state index contributed by atoms with van der Waals surface area (Å²) in [5.41, 5.74) is 5.38. The zero-order valence-electron chi connectivity index (χ0n) is 25.3. The number of anilines is 2. The Morgan fingerprint density at radius 2 is 1.57 bits per heavy atom. The Hall–Kier alpha value is -4.53. The van der Waals surface area contributed by atoms with E-state index in [9.17, 15) is 14.4 Å². The van der Waals surface area contributed by atoms with E-state index in [1.54, 1.807) is 6.07 Å². The molecule has 3 aromatic rings. The number of piperidine rings is 1. The minimum Gasteiger partial charge on any atom is -0.486 e. The monoisotopic (exact) mass is 594 g/mol. The first kappa shape index (κ1) is 28.3. The predicted molar refractivity (Wildman–Crippen MR) is 168 cm³/mol. The van der Waals surface area contributed by atoms with E-state index in [0.717, 1.165) is 38.2 Å². The number of hydrogen-bond donors (Lipinski definition) is 0. The Kier molecular flexibility index (Phi) is 7.40. The van der Waals surface area contributed by atoms with Gasteiger partial charge in [0.1, 0.15) is 6.61 Å². The molecule has 4 heterocycles. The Balaban J connectivity index is 1.02. The number of carbonyl (C=O) groups excluding carboxylic acids is 3. The molecule has 3 amide bonds. The first-order valence-electron chi connectivity index (χ1n) is 15.6. The molecule has 0 saturated carbocycles. The molecular formula is C35H38N4O5. The average molecular weight is 595 g/mol. The number of amides is 3. The van der Waals surface area contributed by atoms with Crippen LogP contribution in [-0.4, -0.2) is 86.0 Å². The van der Waals surface area contributed by atoms with Crippen molar-refractivity contribution in [2.75, 3.05) is 62.2 Å². The molecule has 4 aliphatic heterocycles. The van der Waals surface area contributed by atoms with E-state index in [2.05, 4.69) is 41.8 Å². The number of imide groups is 1. The number of aryl methyl sites for hydroxylation is 1. The van der Waals surface area contributed by atoms with Crippen molar-refractivity contribution in [3.05, 3.63) is 82.9 Å². The molecule has 2 saturated heterocycles. The number of nitrogens with zero attached hydrogens (tertiary/aromatic N) is 4. The maximum absolute atomic E-state index is 13.7. The van der Waals surface area contributed by atoms with Gasteiger partial charge in [-0.1, -0.05) is 30.3 Å². The molecule has 0 aliphatic carbocycles. The zero-order valence-corrected chi connectivity index (χ0v) is 25.3. The summed E-state index contributed by atoms with van der Waals surface area (Å²) in [6.45, 7) is 8.94. The van der Waals surface area contributed by atoms with Crippen LogP contribution in [0.3, 0.4) is 0 Å². The summed E-state index contributed by atoms with van der Waals surface area (Å²) in [5, 5.41) is 0. The molecule has 0 aromatic heterocycles. The lowest BCUT2D eigenvalue weighted by Crippen LogP contribution is -2.53. The summed E-state index contributed by atoms with van der Waals surface area (Å²) in [6, 6.07) is 19.2. The number of ether oxygens (including phenoxy) is 2. The predicted octanol–water partition coefficient (Wildman–Crippen LogP) is 4.30. The quantitative estimate of drug-likeness (QED) is 0.408. The van der Waals surface area contributed by atoms with Crippen molar-refractivity contribution in [1.82, 2.24) is 9.80 Å². The molecule has 9 nitrogen and oxygen atoms in total. The van der Waals surface area contributed by atoms with E-state index < -0.39 is 6.10 Å². The lowest BCUT2D eigenvalue weighted by atomic mass is 9.94. The van der Waals surface area contributed by atoms with Crippen LogP contribution in [0, 0.1) is 19.8 Å². The highest BCUT2D eigenvalue weighted by Crippen LogP contribution is 2.36. The highest BCUT2D eigenvalue weighted by molar-refractivity contribution is 6.23. The Morgan fingerprint density at radius 1 is 0.818 bits per heavy atom. The van der Waals surface area contributed by atoms with Gasteiger partial charge in [-0.2, -0.15) is 0 Å². The third kappa shape index (κ3) is 5.04. The Morgan fingerprint density at radius 3 is 2.39 bits per heavy atom. The number of rotatable bonds is 5. The van der Waals surface area contributed by atoms with Gasteiger partial charge in [0.25, 0.3) is 11.8 Å². The van der Waals surface area contributed by atoms with Gasteiger partial charge in [0.2, 0.25) is 5.91 Å². The summed E-state index contributed by atoms with van der Waals surface area (Å²) in [7, 11) is 0. The van der Waals surface area contributed by atoms with Gasteiger partial charge in [-0.25, -0.2) is 0 Å². The first-order chi connectivity index (χ1) is 21.4. The van der Waals surface area contributed by atoms with Crippen molar-refractivity contribution in [3.63, 3.8) is 0 Å². The maximum Gasteiger partial charge on any atom is 0.263 e. The molecule has 0 radical (unpaired) electrons. The van der Waals surface area contributed by atoms with E-state index in [-0.39, 0.29) is 36.8 Å². The highest BCUT2D eigenvalue weighted by Gasteiger charge is 2.41. The largest absolute Gasteiger partial charge is 0.486 e. The molecule has 2 fully saturated rings. The van der Waals surface area contributed by atoms with Crippen LogP contribution in [0.25, 0.3) is 0 Å². The fourth-order valence-electron chi connectivity index (χ4n) is 7.00. The smallest absolute Gasteiger partial charge is 0.263 e. The molecule has 2 atom stereocenters. The van der Waals surface area contributed by atoms with Crippen LogP contribution in [0.2, 0.25) is 0 Å². The van der Waals surface area contributed by atoms with E-state index in [1.807, 2.05) is 41.3 Å². The third-order valence-corrected chi connectivity index (χ3v) is 9.55. The lowest BCUT2D eigenvalue weighted by Gasteiger charge is -2.40. The molecule has 44 heavy (non-hydrogen) atoms. The number of piperazine rings is 1. The number of hydrogen-bond acceptors (Lipinski definition) is 7. The van der Waals surface area contributed by atoms with Crippen molar-refractivity contribution in [2.24, 2.45) is 5.92 Å². The summed E-state index contributed by atoms with van der Waals surface area (Å²) < 4.78 is 11.9. The van der Waals surface area contributed by atoms with Crippen molar-refractivity contribution < 1.29 is 23.9 Å². The SMILES string of the molecule is Cc1cccc(N2CCN(C(=O)[C@H]3CCCN(c4cccc5c4C(=O)N(C[C@H]4COc6ccccc6O4)C5=O)C3)CC2)c1C. The van der Waals surface area contributed by atoms with Crippen LogP contribution in [0.5, 0.6) is 11.5 Å². The van der Waals surface area contributed by atoms with Crippen LogP contribution >= 0.6 is 0 Å². The van der Waals surface area contributed by atoms with Crippen LogP contribution in [-0.2, 0) is 4.79 Å². The van der Waals surface area contributed by atoms with Gasteiger partial charge in [-0.3, -0.25) is 19.3 Å². The van der Waals surface area contributed by atoms with Crippen LogP contribution in [0.15, 0.2) is 60.7 Å². The minimum atomic E-state index is -0.456. The van der Waals surface area contributed by atoms with Crippen molar-refractivity contribution >= 4 is 29.1 Å². The van der Waals surface area contributed by atoms with E-state index >= 15 is 0 Å². The second-order valence-corrected chi connectivity index (χ2v) is 12.2. The van der Waals surface area contributed by atoms with E-state index in [0.29, 0.717) is 42.3 Å². The second kappa shape index (κ2) is 11.5. The number of benzene rings is 3. The Labute approximate surface area is 257 Å². The lowest BCUT2D eigenvalue weighted by molar-refractivity contribution is -0.136. The minimum absolute atomic E-state index is 0.106. The molecule has 4 aliphatic rings. The topological polar surface area (TPSA) is 82.6 Å². The molecule has 0 bridgehead atoms. The molecule has 7 rings (SSSR count). The summed E-state index contributed by atoms with van der Waals surface area (Å²) >= 11 is 0. The van der Waals surface area contributed by atoms with Gasteiger partial charge in [0.05, 0.1) is 29.3 Å². The Bertz CT molecular complexity index is 1610. The van der Waals surface area contributed by atoms with Gasteiger partial charge in [0, 0.05) is 45.0 Å². The van der Waals surface area contributed by atoms with Gasteiger partial charge in [-0.05, 0) is 68.1 Å². The molecule has 0 N–H and O–H groups in total. The molecular weight excluding hydrogens is 556 g/mol. The van der Waals surface area contributed by atoms with Crippen LogP contribution in [0.1, 0.15) is 44.7 Å². The van der Waals surface area contributed by atoms with E-state index in [1.165, 1.54) is 21.7 Å². The van der Waals surface area contributed by atoms with Crippen molar-refractivity contribution in [2.45, 2.75) is 32.8 Å². The normalized spacial score (nSPS) is 21.5. The van der Waals surface area contributed by atoms with Crippen molar-refractivity contribution in [1.29, 1.82) is 0 Å². The van der Waals surface area contributed by atoms with Gasteiger partial charge < -0.3 is 24.2 Å². The van der Waals surface area contributed by atoms with Gasteiger partial charge >= 0.3 is 0 Å². The maximum atomic E-state index is 13.7. The fraction of sp³-hybridized carbons (Fsp3) is 0.400. The fourth-order valence-corrected chi connectivity index (χ4v) is 7.00. The van der Waals surface area contributed by atoms with Crippen LogP contribution in [0.4, 0.5) is 11.4 Å². The van der Waals surface area contributed by atoms with Crippen molar-refractivity contribution in [3.8, 4) is 11.5 Å². The second-order valence-electron chi connectivity index (χ2n) is 12.2. The van der Waals surface area contributed by atoms with Gasteiger partial charge in [-0.15, -0.1) is 0 Å². The summed E-state index contributed by atoms with van der Waals surface area (Å²) in [5.74, 6) is 0.659. The van der Waals surface area contributed by atoms with Gasteiger partial charge in [0.15, 0.2) is 17.6 Å². The molecule has 0 spiro atoms. The van der Waals surface area contributed by atoms with Crippen LogP contribution < -0.4 is 19.3 Å². The summed E-state index contributed by atoms with van der Waals surface area (Å²) in [4.78, 5) is 48.7. The molecule has 9 heteroatoms.